The van der Waals surface area contributed by atoms with Gasteiger partial charge in [-0.1, -0.05) is 35.6 Å². The number of halogens is 2. The lowest BCUT2D eigenvalue weighted by Gasteiger charge is -2.12. The van der Waals surface area contributed by atoms with E-state index in [1.807, 2.05) is 6.92 Å². The number of nitrogens with one attached hydrogen (secondary N) is 1. The van der Waals surface area contributed by atoms with E-state index in [-0.39, 0.29) is 17.7 Å². The first kappa shape index (κ1) is 17.4. The summed E-state index contributed by atoms with van der Waals surface area (Å²) in [7, 11) is 0. The van der Waals surface area contributed by atoms with Gasteiger partial charge in [0.15, 0.2) is 5.13 Å². The standard InChI is InChI=1S/C18H14ClFN2O2S/c1-10(11-6-8-14(20)9-7-11)21-18-22-17(24)15(25-18)12-2-4-13(5-3-12)16(19)23/h2-10,24H,1H3,(H,21,22)/t10-/m0/s1. The summed E-state index contributed by atoms with van der Waals surface area (Å²) in [4.78, 5) is 15.8. The number of hydrogen-bond donors (Lipinski definition) is 2. The molecule has 25 heavy (non-hydrogen) atoms. The van der Waals surface area contributed by atoms with E-state index < -0.39 is 5.24 Å². The van der Waals surface area contributed by atoms with Crippen LogP contribution >= 0.6 is 22.9 Å². The fraction of sp³-hybridized carbons (Fsp3) is 0.111. The first-order valence-electron chi connectivity index (χ1n) is 7.46. The van der Waals surface area contributed by atoms with Crippen LogP contribution in [0.4, 0.5) is 9.52 Å². The predicted octanol–water partition coefficient (Wildman–Crippen LogP) is 5.21. The molecule has 0 aliphatic carbocycles. The van der Waals surface area contributed by atoms with Crippen LogP contribution in [0, 0.1) is 5.82 Å². The van der Waals surface area contributed by atoms with Gasteiger partial charge in [0, 0.05) is 5.56 Å². The van der Waals surface area contributed by atoms with E-state index in [1.54, 1.807) is 36.4 Å². The third kappa shape index (κ3) is 3.97. The van der Waals surface area contributed by atoms with Crippen molar-refractivity contribution in [3.05, 3.63) is 65.5 Å². The van der Waals surface area contributed by atoms with Crippen LogP contribution in [0.15, 0.2) is 48.5 Å². The Labute approximate surface area is 152 Å². The average molecular weight is 377 g/mol. The van der Waals surface area contributed by atoms with Crippen molar-refractivity contribution in [1.29, 1.82) is 0 Å². The summed E-state index contributed by atoms with van der Waals surface area (Å²) in [6, 6.07) is 12.7. The minimum atomic E-state index is -0.532. The van der Waals surface area contributed by atoms with Gasteiger partial charge < -0.3 is 10.4 Å². The first-order valence-corrected chi connectivity index (χ1v) is 8.65. The zero-order valence-corrected chi connectivity index (χ0v) is 14.7. The van der Waals surface area contributed by atoms with Crippen molar-refractivity contribution >= 4 is 33.3 Å². The summed E-state index contributed by atoms with van der Waals surface area (Å²) in [6.07, 6.45) is 0. The molecule has 4 nitrogen and oxygen atoms in total. The Kier molecular flexibility index (Phi) is 5.01. The minimum Gasteiger partial charge on any atom is -0.492 e. The molecular weight excluding hydrogens is 363 g/mol. The molecule has 3 rings (SSSR count). The molecule has 3 aromatic rings. The highest BCUT2D eigenvalue weighted by atomic mass is 35.5. The maximum atomic E-state index is 13.0. The molecule has 0 aliphatic rings. The Bertz CT molecular complexity index is 894. The number of carbonyl (C=O) groups is 1. The van der Waals surface area contributed by atoms with E-state index in [4.69, 9.17) is 11.6 Å². The van der Waals surface area contributed by atoms with Crippen LogP contribution in [0.3, 0.4) is 0 Å². The smallest absolute Gasteiger partial charge is 0.252 e. The molecule has 1 atom stereocenters. The summed E-state index contributed by atoms with van der Waals surface area (Å²) >= 11 is 6.72. The van der Waals surface area contributed by atoms with Gasteiger partial charge in [-0.2, -0.15) is 4.98 Å². The Morgan fingerprint density at radius 1 is 1.20 bits per heavy atom. The number of hydrogen-bond acceptors (Lipinski definition) is 5. The van der Waals surface area contributed by atoms with E-state index in [1.165, 1.54) is 23.5 Å². The number of rotatable bonds is 5. The van der Waals surface area contributed by atoms with Crippen molar-refractivity contribution in [3.63, 3.8) is 0 Å². The van der Waals surface area contributed by atoms with E-state index in [2.05, 4.69) is 10.3 Å². The summed E-state index contributed by atoms with van der Waals surface area (Å²) < 4.78 is 13.0. The molecule has 7 heteroatoms. The lowest BCUT2D eigenvalue weighted by molar-refractivity contribution is 0.108. The van der Waals surface area contributed by atoms with Crippen LogP contribution < -0.4 is 5.32 Å². The molecule has 0 amide bonds. The second-order valence-corrected chi connectivity index (χ2v) is 6.78. The Hall–Kier alpha value is -2.44. The van der Waals surface area contributed by atoms with Gasteiger partial charge in [0.05, 0.1) is 10.9 Å². The number of thiazole rings is 1. The molecule has 0 spiro atoms. The number of nitrogens with zero attached hydrogens (tertiary/aromatic N) is 1. The van der Waals surface area contributed by atoms with E-state index >= 15 is 0 Å². The summed E-state index contributed by atoms with van der Waals surface area (Å²) in [6.45, 7) is 1.92. The zero-order valence-electron chi connectivity index (χ0n) is 13.2. The molecule has 0 fully saturated rings. The average Bonchev–Trinajstić information content (AvgIpc) is 2.95. The Morgan fingerprint density at radius 3 is 2.44 bits per heavy atom. The van der Waals surface area contributed by atoms with Crippen LogP contribution in [0.2, 0.25) is 0 Å². The van der Waals surface area contributed by atoms with Gasteiger partial charge in [0.2, 0.25) is 5.88 Å². The van der Waals surface area contributed by atoms with Crippen molar-refractivity contribution in [1.82, 2.24) is 4.98 Å². The van der Waals surface area contributed by atoms with Crippen LogP contribution in [0.1, 0.15) is 28.9 Å². The van der Waals surface area contributed by atoms with Gasteiger partial charge in [-0.15, -0.1) is 0 Å². The van der Waals surface area contributed by atoms with Crippen molar-refractivity contribution in [2.75, 3.05) is 5.32 Å². The predicted molar refractivity (Wildman–Crippen MR) is 97.8 cm³/mol. The highest BCUT2D eigenvalue weighted by Gasteiger charge is 2.15. The summed E-state index contributed by atoms with van der Waals surface area (Å²) in [5.41, 5.74) is 2.03. The molecule has 128 valence electrons. The second-order valence-electron chi connectivity index (χ2n) is 5.44. The molecule has 0 saturated carbocycles. The van der Waals surface area contributed by atoms with Gasteiger partial charge in [-0.25, -0.2) is 4.39 Å². The molecule has 0 aliphatic heterocycles. The van der Waals surface area contributed by atoms with Crippen molar-refractivity contribution in [2.24, 2.45) is 0 Å². The highest BCUT2D eigenvalue weighted by Crippen LogP contribution is 2.38. The fourth-order valence-electron chi connectivity index (χ4n) is 2.33. The number of anilines is 1. The van der Waals surface area contributed by atoms with Gasteiger partial charge in [0.25, 0.3) is 5.24 Å². The van der Waals surface area contributed by atoms with Gasteiger partial charge in [-0.05, 0) is 53.9 Å². The molecule has 1 heterocycles. The monoisotopic (exact) mass is 376 g/mol. The fourth-order valence-corrected chi connectivity index (χ4v) is 3.41. The lowest BCUT2D eigenvalue weighted by atomic mass is 10.1. The first-order chi connectivity index (χ1) is 11.9. The minimum absolute atomic E-state index is 0.0937. The van der Waals surface area contributed by atoms with Gasteiger partial charge in [0.1, 0.15) is 5.82 Å². The third-order valence-electron chi connectivity index (χ3n) is 3.69. The number of aromatic nitrogens is 1. The SMILES string of the molecule is C[C@H](Nc1nc(O)c(-c2ccc(C(=O)Cl)cc2)s1)c1ccc(F)cc1. The Balaban J connectivity index is 1.80. The molecule has 1 aromatic heterocycles. The lowest BCUT2D eigenvalue weighted by Crippen LogP contribution is -2.06. The van der Waals surface area contributed by atoms with Crippen molar-refractivity contribution in [2.45, 2.75) is 13.0 Å². The normalized spacial score (nSPS) is 12.0. The molecular formula is C18H14ClFN2O2S. The van der Waals surface area contributed by atoms with Crippen molar-refractivity contribution < 1.29 is 14.3 Å². The molecule has 0 unspecified atom stereocenters. The summed E-state index contributed by atoms with van der Waals surface area (Å²) in [5, 5.41) is 13.3. The molecule has 0 bridgehead atoms. The molecule has 2 aromatic carbocycles. The van der Waals surface area contributed by atoms with Gasteiger partial charge >= 0.3 is 0 Å². The topological polar surface area (TPSA) is 62.2 Å². The van der Waals surface area contributed by atoms with E-state index in [9.17, 15) is 14.3 Å². The number of benzene rings is 2. The molecule has 2 N–H and O–H groups in total. The maximum Gasteiger partial charge on any atom is 0.252 e. The van der Waals surface area contributed by atoms with E-state index in [0.29, 0.717) is 15.6 Å². The summed E-state index contributed by atoms with van der Waals surface area (Å²) in [5.74, 6) is -0.382. The molecule has 0 radical (unpaired) electrons. The van der Waals surface area contributed by atoms with E-state index in [0.717, 1.165) is 11.1 Å². The maximum absolute atomic E-state index is 13.0. The van der Waals surface area contributed by atoms with Crippen LogP contribution in [0.5, 0.6) is 5.88 Å². The van der Waals surface area contributed by atoms with Crippen LogP contribution in [-0.4, -0.2) is 15.3 Å². The quantitative estimate of drug-likeness (QED) is 0.600. The van der Waals surface area contributed by atoms with Crippen LogP contribution in [-0.2, 0) is 0 Å². The largest absolute Gasteiger partial charge is 0.492 e. The number of aromatic hydroxyl groups is 1. The molecule has 0 saturated heterocycles. The highest BCUT2D eigenvalue weighted by molar-refractivity contribution is 7.19. The zero-order chi connectivity index (χ0) is 18.0. The van der Waals surface area contributed by atoms with Crippen LogP contribution in [0.25, 0.3) is 10.4 Å². The third-order valence-corrected chi connectivity index (χ3v) is 4.94. The van der Waals surface area contributed by atoms with Crippen molar-refractivity contribution in [3.8, 4) is 16.3 Å². The Morgan fingerprint density at radius 2 is 1.84 bits per heavy atom. The van der Waals surface area contributed by atoms with Gasteiger partial charge in [-0.3, -0.25) is 4.79 Å². The number of carbonyl (C=O) groups excluding carboxylic acids is 1. The second kappa shape index (κ2) is 7.21.